The molecule has 140 valence electrons. The van der Waals surface area contributed by atoms with E-state index in [9.17, 15) is 0 Å². The van der Waals surface area contributed by atoms with Gasteiger partial charge in [-0.15, -0.1) is 0 Å². The average Bonchev–Trinajstić information content (AvgIpc) is 3.12. The second kappa shape index (κ2) is 6.37. The van der Waals surface area contributed by atoms with Crippen molar-refractivity contribution in [3.05, 3.63) is 63.6 Å². The zero-order chi connectivity index (χ0) is 18.6. The normalized spacial score (nSPS) is 29.1. The fourth-order valence-corrected chi connectivity index (χ4v) is 5.10. The predicted molar refractivity (Wildman–Crippen MR) is 112 cm³/mol. The Morgan fingerprint density at radius 2 is 1.85 bits per heavy atom. The molecule has 1 atom stereocenters. The quantitative estimate of drug-likeness (QED) is 0.543. The minimum Gasteiger partial charge on any atom is -0.466 e. The number of halogens is 1. The standard InChI is InChI=1S/C23H25BrN2O/c1-15-3-5-17(6-4-15)20-14-21-19-13-18(24)7-8-22(19)27-23(26(21)25-20)11-9-16(2)10-12-23/h3-8,13,16,21H,9-12,14H2,1-2H3/t16?,21-,23?/m1/s1. The lowest BCUT2D eigenvalue weighted by atomic mass is 9.82. The average molecular weight is 425 g/mol. The van der Waals surface area contributed by atoms with Crippen molar-refractivity contribution in [2.45, 2.75) is 57.7 Å². The van der Waals surface area contributed by atoms with Crippen molar-refractivity contribution in [2.75, 3.05) is 0 Å². The molecule has 0 N–H and O–H groups in total. The largest absolute Gasteiger partial charge is 0.466 e. The molecule has 0 amide bonds. The molecule has 0 saturated heterocycles. The maximum atomic E-state index is 6.68. The van der Waals surface area contributed by atoms with E-state index in [0.29, 0.717) is 0 Å². The summed E-state index contributed by atoms with van der Waals surface area (Å²) in [6.07, 6.45) is 5.43. The van der Waals surface area contributed by atoms with Crippen molar-refractivity contribution in [1.29, 1.82) is 0 Å². The molecule has 1 saturated carbocycles. The Morgan fingerprint density at radius 3 is 2.59 bits per heavy atom. The Labute approximate surface area is 169 Å². The van der Waals surface area contributed by atoms with Crippen LogP contribution in [0.5, 0.6) is 5.75 Å². The molecule has 0 radical (unpaired) electrons. The molecule has 3 nitrogen and oxygen atoms in total. The molecule has 2 heterocycles. The van der Waals surface area contributed by atoms with Gasteiger partial charge in [0.25, 0.3) is 0 Å². The fourth-order valence-electron chi connectivity index (χ4n) is 4.72. The molecule has 1 fully saturated rings. The first-order valence-electron chi connectivity index (χ1n) is 9.96. The zero-order valence-corrected chi connectivity index (χ0v) is 17.5. The number of hydrogen-bond acceptors (Lipinski definition) is 3. The molecule has 2 aliphatic heterocycles. The van der Waals surface area contributed by atoms with Crippen LogP contribution in [0.3, 0.4) is 0 Å². The van der Waals surface area contributed by atoms with Crippen LogP contribution in [-0.2, 0) is 0 Å². The van der Waals surface area contributed by atoms with Crippen LogP contribution in [0.25, 0.3) is 0 Å². The molecule has 27 heavy (non-hydrogen) atoms. The van der Waals surface area contributed by atoms with Gasteiger partial charge in [-0.05, 0) is 49.4 Å². The van der Waals surface area contributed by atoms with Gasteiger partial charge < -0.3 is 4.74 Å². The highest BCUT2D eigenvalue weighted by atomic mass is 79.9. The molecule has 0 unspecified atom stereocenters. The van der Waals surface area contributed by atoms with Crippen molar-refractivity contribution < 1.29 is 4.74 Å². The summed E-state index contributed by atoms with van der Waals surface area (Å²) < 4.78 is 7.78. The maximum Gasteiger partial charge on any atom is 0.198 e. The predicted octanol–water partition coefficient (Wildman–Crippen LogP) is 6.21. The molecule has 5 rings (SSSR count). The minimum atomic E-state index is -0.287. The van der Waals surface area contributed by atoms with Crippen molar-refractivity contribution in [3.8, 4) is 5.75 Å². The van der Waals surface area contributed by atoms with Crippen molar-refractivity contribution in [2.24, 2.45) is 11.0 Å². The monoisotopic (exact) mass is 424 g/mol. The van der Waals surface area contributed by atoms with Crippen LogP contribution in [0.2, 0.25) is 0 Å². The van der Waals surface area contributed by atoms with Gasteiger partial charge in [0.1, 0.15) is 5.75 Å². The zero-order valence-electron chi connectivity index (χ0n) is 15.9. The Morgan fingerprint density at radius 1 is 1.11 bits per heavy atom. The number of aryl methyl sites for hydroxylation is 1. The molecule has 0 bridgehead atoms. The highest BCUT2D eigenvalue weighted by Crippen LogP contribution is 2.52. The minimum absolute atomic E-state index is 0.260. The van der Waals surface area contributed by atoms with E-state index in [-0.39, 0.29) is 11.8 Å². The summed E-state index contributed by atoms with van der Waals surface area (Å²) >= 11 is 3.64. The smallest absolute Gasteiger partial charge is 0.198 e. The van der Waals surface area contributed by atoms with Gasteiger partial charge >= 0.3 is 0 Å². The van der Waals surface area contributed by atoms with Gasteiger partial charge in [-0.25, -0.2) is 5.01 Å². The molecule has 2 aromatic rings. The van der Waals surface area contributed by atoms with Crippen LogP contribution in [0.15, 0.2) is 52.0 Å². The van der Waals surface area contributed by atoms with Crippen molar-refractivity contribution >= 4 is 21.6 Å². The van der Waals surface area contributed by atoms with Gasteiger partial charge in [-0.3, -0.25) is 0 Å². The Bertz CT molecular complexity index is 897. The van der Waals surface area contributed by atoms with Crippen LogP contribution >= 0.6 is 15.9 Å². The lowest BCUT2D eigenvalue weighted by molar-refractivity contribution is -0.145. The lowest BCUT2D eigenvalue weighted by Gasteiger charge is -2.50. The molecule has 1 spiro atoms. The Kier molecular flexibility index (Phi) is 4.08. The highest BCUT2D eigenvalue weighted by Gasteiger charge is 2.51. The lowest BCUT2D eigenvalue weighted by Crippen LogP contribution is -2.55. The third kappa shape index (κ3) is 2.89. The summed E-state index contributed by atoms with van der Waals surface area (Å²) in [4.78, 5) is 0. The molecular formula is C23H25BrN2O. The summed E-state index contributed by atoms with van der Waals surface area (Å²) in [6, 6.07) is 15.4. The number of hydrogen-bond donors (Lipinski definition) is 0. The number of ether oxygens (including phenoxy) is 1. The first kappa shape index (κ1) is 17.3. The summed E-state index contributed by atoms with van der Waals surface area (Å²) in [5.41, 5.74) is 4.65. The number of fused-ring (bicyclic) bond motifs is 4. The van der Waals surface area contributed by atoms with E-state index < -0.39 is 0 Å². The molecule has 2 aromatic carbocycles. The first-order valence-corrected chi connectivity index (χ1v) is 10.8. The molecule has 1 aliphatic carbocycles. The third-order valence-corrected chi connectivity index (χ3v) is 6.89. The molecular weight excluding hydrogens is 400 g/mol. The van der Waals surface area contributed by atoms with Gasteiger partial charge in [0.2, 0.25) is 0 Å². The molecule has 0 aromatic heterocycles. The number of hydrazone groups is 1. The highest BCUT2D eigenvalue weighted by molar-refractivity contribution is 9.10. The van der Waals surface area contributed by atoms with Gasteiger partial charge in [0.15, 0.2) is 5.72 Å². The molecule has 3 aliphatic rings. The van der Waals surface area contributed by atoms with Crippen LogP contribution in [-0.4, -0.2) is 16.4 Å². The molecule has 4 heteroatoms. The van der Waals surface area contributed by atoms with Gasteiger partial charge in [0, 0.05) is 29.3 Å². The van der Waals surface area contributed by atoms with Gasteiger partial charge in [-0.2, -0.15) is 5.10 Å². The number of nitrogens with zero attached hydrogens (tertiary/aromatic N) is 2. The van der Waals surface area contributed by atoms with Gasteiger partial charge in [0.05, 0.1) is 11.8 Å². The van der Waals surface area contributed by atoms with Crippen molar-refractivity contribution in [3.63, 3.8) is 0 Å². The van der Waals surface area contributed by atoms with Crippen LogP contribution in [0.4, 0.5) is 0 Å². The van der Waals surface area contributed by atoms with E-state index in [0.717, 1.165) is 35.4 Å². The topological polar surface area (TPSA) is 24.8 Å². The summed E-state index contributed by atoms with van der Waals surface area (Å²) in [5, 5.41) is 7.46. The SMILES string of the molecule is Cc1ccc(C2=NN3[C@H](C2)c2cc(Br)ccc2OC32CCC(C)CC2)cc1. The van der Waals surface area contributed by atoms with E-state index in [4.69, 9.17) is 9.84 Å². The number of benzene rings is 2. The Hall–Kier alpha value is -1.81. The van der Waals surface area contributed by atoms with E-state index in [1.165, 1.54) is 35.2 Å². The second-order valence-electron chi connectivity index (χ2n) is 8.39. The number of rotatable bonds is 1. The Balaban J connectivity index is 1.58. The van der Waals surface area contributed by atoms with E-state index in [1.54, 1.807) is 0 Å². The van der Waals surface area contributed by atoms with Crippen LogP contribution < -0.4 is 4.74 Å². The first-order chi connectivity index (χ1) is 13.0. The maximum absolute atomic E-state index is 6.68. The van der Waals surface area contributed by atoms with E-state index in [2.05, 4.69) is 77.3 Å². The van der Waals surface area contributed by atoms with E-state index in [1.807, 2.05) is 0 Å². The summed E-state index contributed by atoms with van der Waals surface area (Å²) in [5.74, 6) is 1.81. The third-order valence-electron chi connectivity index (χ3n) is 6.40. The summed E-state index contributed by atoms with van der Waals surface area (Å²) in [7, 11) is 0. The van der Waals surface area contributed by atoms with Crippen LogP contribution in [0, 0.1) is 12.8 Å². The van der Waals surface area contributed by atoms with E-state index >= 15 is 0 Å². The fraction of sp³-hybridized carbons (Fsp3) is 0.435. The van der Waals surface area contributed by atoms with Crippen molar-refractivity contribution in [1.82, 2.24) is 5.01 Å². The summed E-state index contributed by atoms with van der Waals surface area (Å²) in [6.45, 7) is 4.48. The van der Waals surface area contributed by atoms with Gasteiger partial charge in [-0.1, -0.05) is 52.7 Å². The second-order valence-corrected chi connectivity index (χ2v) is 9.31. The van der Waals surface area contributed by atoms with Crippen LogP contribution in [0.1, 0.15) is 61.8 Å².